The Balaban J connectivity index is 1.87. The lowest BCUT2D eigenvalue weighted by atomic mass is 10.2. The molecule has 2 aromatic rings. The number of benzene rings is 2. The topological polar surface area (TPSA) is 85.0 Å². The molecule has 1 heterocycles. The summed E-state index contributed by atoms with van der Waals surface area (Å²) < 4.78 is 0. The number of rotatable bonds is 5. The van der Waals surface area contributed by atoms with Crippen LogP contribution in [0.1, 0.15) is 18.1 Å². The molecule has 134 valence electrons. The van der Waals surface area contributed by atoms with Gasteiger partial charge in [0.25, 0.3) is 11.6 Å². The predicted molar refractivity (Wildman–Crippen MR) is 100 cm³/mol. The van der Waals surface area contributed by atoms with Crippen molar-refractivity contribution in [1.82, 2.24) is 5.06 Å². The van der Waals surface area contributed by atoms with Crippen LogP contribution in [0.5, 0.6) is 0 Å². The molecule has 0 bridgehead atoms. The number of carbonyl (C=O) groups is 1. The minimum atomic E-state index is -0.470. The van der Waals surface area contributed by atoms with Crippen LogP contribution in [0, 0.1) is 17.0 Å². The summed E-state index contributed by atoms with van der Waals surface area (Å²) in [6, 6.07) is 14.0. The van der Waals surface area contributed by atoms with Crippen LogP contribution in [0.25, 0.3) is 0 Å². The number of aliphatic imine (C=N–C) groups is 1. The molecule has 1 unspecified atom stereocenters. The lowest BCUT2D eigenvalue weighted by Crippen LogP contribution is -2.31. The molecule has 1 aliphatic rings. The standard InChI is InChI=1S/C18H17N3O4S/c1-12-8-9-15(21(23)24)10-16(12)19-18-20(17(22)13(2)26-18)25-11-14-6-4-3-5-7-14/h3-10,13H,11H2,1-2H3. The monoisotopic (exact) mass is 371 g/mol. The van der Waals surface area contributed by atoms with E-state index in [0.717, 1.165) is 11.1 Å². The van der Waals surface area contributed by atoms with Gasteiger partial charge in [-0.05, 0) is 25.0 Å². The first kappa shape index (κ1) is 18.1. The number of nitrogens with zero attached hydrogens (tertiary/aromatic N) is 3. The highest BCUT2D eigenvalue weighted by Crippen LogP contribution is 2.32. The zero-order chi connectivity index (χ0) is 18.7. The highest BCUT2D eigenvalue weighted by molar-refractivity contribution is 8.15. The Morgan fingerprint density at radius 1 is 1.27 bits per heavy atom. The molecule has 0 spiro atoms. The fourth-order valence-corrected chi connectivity index (χ4v) is 3.26. The summed E-state index contributed by atoms with van der Waals surface area (Å²) in [6.07, 6.45) is 0. The summed E-state index contributed by atoms with van der Waals surface area (Å²) >= 11 is 1.27. The minimum Gasteiger partial charge on any atom is -0.271 e. The number of non-ortho nitro benzene ring substituents is 1. The van der Waals surface area contributed by atoms with Crippen molar-refractivity contribution in [2.75, 3.05) is 0 Å². The molecule has 0 radical (unpaired) electrons. The first-order valence-electron chi connectivity index (χ1n) is 7.97. The van der Waals surface area contributed by atoms with E-state index in [2.05, 4.69) is 4.99 Å². The van der Waals surface area contributed by atoms with E-state index in [-0.39, 0.29) is 23.5 Å². The molecule has 0 aromatic heterocycles. The molecular weight excluding hydrogens is 354 g/mol. The first-order valence-corrected chi connectivity index (χ1v) is 8.85. The normalized spacial score (nSPS) is 18.5. The van der Waals surface area contributed by atoms with E-state index in [1.54, 1.807) is 13.0 Å². The average Bonchev–Trinajstić information content (AvgIpc) is 2.89. The van der Waals surface area contributed by atoms with Gasteiger partial charge in [-0.15, -0.1) is 0 Å². The van der Waals surface area contributed by atoms with Crippen LogP contribution in [-0.4, -0.2) is 26.3 Å². The second-order valence-corrected chi connectivity index (χ2v) is 7.08. The first-order chi connectivity index (χ1) is 12.5. The molecule has 3 rings (SSSR count). The molecule has 0 aliphatic carbocycles. The maximum atomic E-state index is 12.4. The van der Waals surface area contributed by atoms with Crippen molar-refractivity contribution in [2.45, 2.75) is 25.7 Å². The molecule has 1 amide bonds. The van der Waals surface area contributed by atoms with Gasteiger partial charge in [0.05, 0.1) is 15.9 Å². The van der Waals surface area contributed by atoms with Crippen LogP contribution in [0.4, 0.5) is 11.4 Å². The van der Waals surface area contributed by atoms with Crippen molar-refractivity contribution < 1.29 is 14.6 Å². The van der Waals surface area contributed by atoms with Crippen molar-refractivity contribution in [2.24, 2.45) is 4.99 Å². The summed E-state index contributed by atoms with van der Waals surface area (Å²) in [7, 11) is 0. The smallest absolute Gasteiger partial charge is 0.271 e. The fourth-order valence-electron chi connectivity index (χ4n) is 2.35. The summed E-state index contributed by atoms with van der Waals surface area (Å²) in [5, 5.41) is 12.2. The number of thioether (sulfide) groups is 1. The summed E-state index contributed by atoms with van der Waals surface area (Å²) in [6.45, 7) is 3.81. The molecular formula is C18H17N3O4S. The van der Waals surface area contributed by atoms with E-state index < -0.39 is 4.92 Å². The largest absolute Gasteiger partial charge is 0.271 e. The zero-order valence-corrected chi connectivity index (χ0v) is 15.1. The molecule has 1 saturated heterocycles. The van der Waals surface area contributed by atoms with Gasteiger partial charge in [-0.3, -0.25) is 19.7 Å². The van der Waals surface area contributed by atoms with E-state index in [1.165, 1.54) is 29.0 Å². The maximum Gasteiger partial charge on any atom is 0.271 e. The van der Waals surface area contributed by atoms with Gasteiger partial charge in [0.1, 0.15) is 6.61 Å². The fraction of sp³-hybridized carbons (Fsp3) is 0.222. The zero-order valence-electron chi connectivity index (χ0n) is 14.3. The van der Waals surface area contributed by atoms with Gasteiger partial charge in [-0.1, -0.05) is 48.2 Å². The van der Waals surface area contributed by atoms with Crippen LogP contribution >= 0.6 is 11.8 Å². The van der Waals surface area contributed by atoms with Crippen LogP contribution in [0.2, 0.25) is 0 Å². The number of hydrogen-bond acceptors (Lipinski definition) is 6. The molecule has 0 saturated carbocycles. The van der Waals surface area contributed by atoms with Gasteiger partial charge in [0.15, 0.2) is 5.17 Å². The molecule has 8 heteroatoms. The number of amides is 1. The van der Waals surface area contributed by atoms with Crippen LogP contribution < -0.4 is 0 Å². The van der Waals surface area contributed by atoms with Crippen molar-refractivity contribution in [3.8, 4) is 0 Å². The van der Waals surface area contributed by atoms with Crippen molar-refractivity contribution in [3.63, 3.8) is 0 Å². The number of nitro benzene ring substituents is 1. The van der Waals surface area contributed by atoms with Crippen molar-refractivity contribution >= 4 is 34.2 Å². The number of amidine groups is 1. The molecule has 7 nitrogen and oxygen atoms in total. The number of carbonyl (C=O) groups excluding carboxylic acids is 1. The van der Waals surface area contributed by atoms with Crippen LogP contribution in [-0.2, 0) is 16.2 Å². The van der Waals surface area contributed by atoms with E-state index in [1.807, 2.05) is 37.3 Å². The van der Waals surface area contributed by atoms with Gasteiger partial charge in [0, 0.05) is 12.1 Å². The maximum absolute atomic E-state index is 12.4. The number of nitro groups is 1. The second kappa shape index (κ2) is 7.67. The van der Waals surface area contributed by atoms with E-state index in [0.29, 0.717) is 10.9 Å². The van der Waals surface area contributed by atoms with E-state index >= 15 is 0 Å². The lowest BCUT2D eigenvalue weighted by Gasteiger charge is -2.16. The number of hydrogen-bond donors (Lipinski definition) is 0. The Morgan fingerprint density at radius 2 is 2.00 bits per heavy atom. The van der Waals surface area contributed by atoms with Crippen LogP contribution in [0.3, 0.4) is 0 Å². The molecule has 1 atom stereocenters. The Hall–Kier alpha value is -2.71. The molecule has 26 heavy (non-hydrogen) atoms. The Morgan fingerprint density at radius 3 is 2.69 bits per heavy atom. The van der Waals surface area contributed by atoms with Gasteiger partial charge in [-0.2, -0.15) is 5.06 Å². The van der Waals surface area contributed by atoms with Crippen molar-refractivity contribution in [1.29, 1.82) is 0 Å². The third-order valence-electron chi connectivity index (χ3n) is 3.83. The van der Waals surface area contributed by atoms with E-state index in [9.17, 15) is 14.9 Å². The molecule has 0 N–H and O–H groups in total. The highest BCUT2D eigenvalue weighted by Gasteiger charge is 2.36. The third-order valence-corrected chi connectivity index (χ3v) is 4.85. The Bertz CT molecular complexity index is 870. The number of aryl methyl sites for hydroxylation is 1. The summed E-state index contributed by atoms with van der Waals surface area (Å²) in [5.74, 6) is -0.201. The quantitative estimate of drug-likeness (QED) is 0.586. The lowest BCUT2D eigenvalue weighted by molar-refractivity contribution is -0.384. The van der Waals surface area contributed by atoms with Gasteiger partial charge in [-0.25, -0.2) is 4.99 Å². The van der Waals surface area contributed by atoms with Gasteiger partial charge < -0.3 is 0 Å². The Labute approximate surface area is 154 Å². The minimum absolute atomic E-state index is 0.0472. The number of hydroxylamine groups is 2. The molecule has 1 aliphatic heterocycles. The van der Waals surface area contributed by atoms with Gasteiger partial charge in [0.2, 0.25) is 0 Å². The average molecular weight is 371 g/mol. The van der Waals surface area contributed by atoms with Crippen molar-refractivity contribution in [3.05, 3.63) is 69.8 Å². The highest BCUT2D eigenvalue weighted by atomic mass is 32.2. The van der Waals surface area contributed by atoms with Gasteiger partial charge >= 0.3 is 0 Å². The summed E-state index contributed by atoms with van der Waals surface area (Å²) in [5.41, 5.74) is 2.10. The van der Waals surface area contributed by atoms with E-state index in [4.69, 9.17) is 4.84 Å². The second-order valence-electron chi connectivity index (χ2n) is 5.77. The summed E-state index contributed by atoms with van der Waals surface area (Å²) in [4.78, 5) is 33.0. The third kappa shape index (κ3) is 3.92. The molecule has 1 fully saturated rings. The van der Waals surface area contributed by atoms with Crippen LogP contribution in [0.15, 0.2) is 53.5 Å². The SMILES string of the molecule is Cc1ccc([N+](=O)[O-])cc1N=C1SC(C)C(=O)N1OCc1ccccc1. The predicted octanol–water partition coefficient (Wildman–Crippen LogP) is 3.99. The molecule has 2 aromatic carbocycles. The Kier molecular flexibility index (Phi) is 5.34.